The van der Waals surface area contributed by atoms with Crippen molar-refractivity contribution in [3.05, 3.63) is 95.1 Å². The molecule has 3 aromatic rings. The largest absolute Gasteiger partial charge is 0.465 e. The number of fused-ring (bicyclic) bond motifs is 3. The first-order valence-corrected chi connectivity index (χ1v) is 12.8. The quantitative estimate of drug-likeness (QED) is 0.263. The SMILES string of the molecule is CC(C)(NC(=O)C(Cc1ccc(CNC(=O)OCC2c3ccccc3-c3ccccc32)cc1)NC(=O)O)C(N)=O. The number of ether oxygens (including phenoxy) is 1. The molecule has 10 heteroatoms. The van der Waals surface area contributed by atoms with E-state index in [1.165, 1.54) is 13.8 Å². The molecule has 0 spiro atoms. The van der Waals surface area contributed by atoms with E-state index in [0.29, 0.717) is 5.56 Å². The Balaban J connectivity index is 1.31. The fourth-order valence-corrected chi connectivity index (χ4v) is 4.67. The molecule has 0 aliphatic heterocycles. The number of benzene rings is 3. The molecule has 0 saturated heterocycles. The van der Waals surface area contributed by atoms with Crippen molar-refractivity contribution in [1.29, 1.82) is 0 Å². The van der Waals surface area contributed by atoms with Crippen LogP contribution >= 0.6 is 0 Å². The van der Waals surface area contributed by atoms with E-state index >= 15 is 0 Å². The maximum atomic E-state index is 12.6. The van der Waals surface area contributed by atoms with Gasteiger partial charge in [0.05, 0.1) is 0 Å². The Morgan fingerprint density at radius 2 is 1.45 bits per heavy atom. The first kappa shape index (κ1) is 28.2. The smallest absolute Gasteiger partial charge is 0.407 e. The van der Waals surface area contributed by atoms with E-state index in [4.69, 9.17) is 15.6 Å². The average Bonchev–Trinajstić information content (AvgIpc) is 3.24. The number of carbonyl (C=O) groups excluding carboxylic acids is 3. The van der Waals surface area contributed by atoms with Gasteiger partial charge < -0.3 is 31.5 Å². The number of rotatable bonds is 10. The number of nitrogens with one attached hydrogen (secondary N) is 3. The monoisotopic (exact) mass is 544 g/mol. The second-order valence-electron chi connectivity index (χ2n) is 10.2. The molecule has 3 aromatic carbocycles. The molecule has 6 N–H and O–H groups in total. The fraction of sp³-hybridized carbons (Fsp3) is 0.267. The van der Waals surface area contributed by atoms with Crippen LogP contribution in [-0.2, 0) is 27.3 Å². The van der Waals surface area contributed by atoms with Gasteiger partial charge in [-0.1, -0.05) is 72.8 Å². The van der Waals surface area contributed by atoms with Crippen molar-refractivity contribution in [3.8, 4) is 11.1 Å². The van der Waals surface area contributed by atoms with Crippen molar-refractivity contribution in [3.63, 3.8) is 0 Å². The zero-order valence-electron chi connectivity index (χ0n) is 22.3. The Morgan fingerprint density at radius 1 is 0.900 bits per heavy atom. The van der Waals surface area contributed by atoms with Gasteiger partial charge in [-0.3, -0.25) is 9.59 Å². The molecule has 0 radical (unpaired) electrons. The van der Waals surface area contributed by atoms with Gasteiger partial charge >= 0.3 is 12.2 Å². The second kappa shape index (κ2) is 11.9. The molecule has 1 atom stereocenters. The van der Waals surface area contributed by atoms with Crippen LogP contribution in [0.15, 0.2) is 72.8 Å². The summed E-state index contributed by atoms with van der Waals surface area (Å²) in [6.45, 7) is 3.30. The Hall–Kier alpha value is -4.86. The van der Waals surface area contributed by atoms with Crippen molar-refractivity contribution < 1.29 is 29.0 Å². The van der Waals surface area contributed by atoms with Crippen molar-refractivity contribution in [2.75, 3.05) is 6.61 Å². The number of alkyl carbamates (subject to hydrolysis) is 1. The minimum atomic E-state index is -1.37. The number of hydrogen-bond donors (Lipinski definition) is 5. The molecule has 0 saturated carbocycles. The number of primary amides is 1. The normalized spacial score (nSPS) is 12.9. The minimum Gasteiger partial charge on any atom is -0.465 e. The molecule has 1 aliphatic carbocycles. The van der Waals surface area contributed by atoms with E-state index in [2.05, 4.69) is 40.2 Å². The lowest BCUT2D eigenvalue weighted by molar-refractivity contribution is -0.131. The Kier molecular flexibility index (Phi) is 8.37. The van der Waals surface area contributed by atoms with Gasteiger partial charge in [-0.05, 0) is 47.2 Å². The number of carbonyl (C=O) groups is 4. The predicted octanol–water partition coefficient (Wildman–Crippen LogP) is 3.28. The van der Waals surface area contributed by atoms with Gasteiger partial charge in [0.1, 0.15) is 18.2 Å². The van der Waals surface area contributed by atoms with Gasteiger partial charge in [-0.2, -0.15) is 0 Å². The Labute approximate surface area is 231 Å². The van der Waals surface area contributed by atoms with Crippen LogP contribution < -0.4 is 21.7 Å². The summed E-state index contributed by atoms with van der Waals surface area (Å²) in [7, 11) is 0. The Bertz CT molecular complexity index is 1370. The lowest BCUT2D eigenvalue weighted by Gasteiger charge is -2.26. The second-order valence-corrected chi connectivity index (χ2v) is 10.2. The zero-order valence-corrected chi connectivity index (χ0v) is 22.3. The van der Waals surface area contributed by atoms with Crippen molar-refractivity contribution in [2.24, 2.45) is 5.73 Å². The molecule has 208 valence electrons. The molecular weight excluding hydrogens is 512 g/mol. The molecule has 0 heterocycles. The summed E-state index contributed by atoms with van der Waals surface area (Å²) < 4.78 is 5.57. The van der Waals surface area contributed by atoms with Gasteiger partial charge in [-0.25, -0.2) is 9.59 Å². The molecule has 4 rings (SSSR count). The average molecular weight is 545 g/mol. The first-order chi connectivity index (χ1) is 19.0. The highest BCUT2D eigenvalue weighted by Gasteiger charge is 2.31. The first-order valence-electron chi connectivity index (χ1n) is 12.8. The number of carboxylic acid groups (broad SMARTS) is 1. The van der Waals surface area contributed by atoms with E-state index in [1.54, 1.807) is 24.3 Å². The van der Waals surface area contributed by atoms with E-state index in [9.17, 15) is 19.2 Å². The molecule has 0 fully saturated rings. The maximum absolute atomic E-state index is 12.6. The molecule has 0 aromatic heterocycles. The third-order valence-electron chi connectivity index (χ3n) is 6.91. The van der Waals surface area contributed by atoms with Crippen molar-refractivity contribution >= 4 is 24.0 Å². The summed E-state index contributed by atoms with van der Waals surface area (Å²) >= 11 is 0. The van der Waals surface area contributed by atoms with Crippen LogP contribution in [0.1, 0.15) is 42.0 Å². The highest BCUT2D eigenvalue weighted by Crippen LogP contribution is 2.44. The lowest BCUT2D eigenvalue weighted by Crippen LogP contribution is -2.58. The lowest BCUT2D eigenvalue weighted by atomic mass is 9.98. The standard InChI is InChI=1S/C30H32N4O6/c1-30(2,27(31)36)34-26(35)25(33-28(37)38)15-18-11-13-19(14-12-18)16-32-29(39)40-17-24-22-9-5-3-7-20(22)21-8-4-6-10-23(21)24/h3-14,24-25,33H,15-17H2,1-2H3,(H2,31,36)(H,32,39)(H,34,35)(H,37,38). The molecule has 0 bridgehead atoms. The van der Waals surface area contributed by atoms with Crippen LogP contribution in [0.3, 0.4) is 0 Å². The molecule has 4 amide bonds. The van der Waals surface area contributed by atoms with Crippen LogP contribution in [0.2, 0.25) is 0 Å². The molecule has 40 heavy (non-hydrogen) atoms. The number of hydrogen-bond acceptors (Lipinski definition) is 5. The molecule has 1 aliphatic rings. The third-order valence-corrected chi connectivity index (χ3v) is 6.91. The van der Waals surface area contributed by atoms with Crippen LogP contribution in [0, 0.1) is 0 Å². The van der Waals surface area contributed by atoms with E-state index < -0.39 is 35.6 Å². The van der Waals surface area contributed by atoms with Gasteiger partial charge in [-0.15, -0.1) is 0 Å². The van der Waals surface area contributed by atoms with Crippen LogP contribution in [0.4, 0.5) is 9.59 Å². The summed E-state index contributed by atoms with van der Waals surface area (Å²) in [5.41, 5.74) is 10.0. The van der Waals surface area contributed by atoms with E-state index in [1.807, 2.05) is 24.3 Å². The van der Waals surface area contributed by atoms with Crippen molar-refractivity contribution in [1.82, 2.24) is 16.0 Å². The highest BCUT2D eigenvalue weighted by atomic mass is 16.5. The zero-order chi connectivity index (χ0) is 28.9. The number of amides is 4. The van der Waals surface area contributed by atoms with Gasteiger partial charge in [0.15, 0.2) is 0 Å². The maximum Gasteiger partial charge on any atom is 0.407 e. The molecule has 1 unspecified atom stereocenters. The van der Waals surface area contributed by atoms with E-state index in [-0.39, 0.29) is 25.5 Å². The summed E-state index contributed by atoms with van der Waals surface area (Å²) in [6.07, 6.45) is -1.86. The van der Waals surface area contributed by atoms with Gasteiger partial charge in [0.2, 0.25) is 11.8 Å². The van der Waals surface area contributed by atoms with Crippen molar-refractivity contribution in [2.45, 2.75) is 44.3 Å². The summed E-state index contributed by atoms with van der Waals surface area (Å²) in [4.78, 5) is 47.9. The van der Waals surface area contributed by atoms with Gasteiger partial charge in [0, 0.05) is 18.9 Å². The van der Waals surface area contributed by atoms with Crippen LogP contribution in [0.5, 0.6) is 0 Å². The van der Waals surface area contributed by atoms with Gasteiger partial charge in [0.25, 0.3) is 0 Å². The minimum absolute atomic E-state index is 0.0319. The third kappa shape index (κ3) is 6.58. The highest BCUT2D eigenvalue weighted by molar-refractivity contribution is 5.92. The topological polar surface area (TPSA) is 160 Å². The molecule has 10 nitrogen and oxygen atoms in total. The van der Waals surface area contributed by atoms with Crippen LogP contribution in [-0.4, -0.2) is 47.3 Å². The summed E-state index contributed by atoms with van der Waals surface area (Å²) in [5, 5.41) is 16.6. The summed E-state index contributed by atoms with van der Waals surface area (Å²) in [5.74, 6) is -1.45. The fourth-order valence-electron chi connectivity index (χ4n) is 4.67. The number of nitrogens with two attached hydrogens (primary N) is 1. The summed E-state index contributed by atoms with van der Waals surface area (Å²) in [6, 6.07) is 22.1. The van der Waals surface area contributed by atoms with Crippen LogP contribution in [0.25, 0.3) is 11.1 Å². The van der Waals surface area contributed by atoms with E-state index in [0.717, 1.165) is 27.8 Å². The Morgan fingerprint density at radius 3 is 2.00 bits per heavy atom. The predicted molar refractivity (Wildman–Crippen MR) is 148 cm³/mol. The molecular formula is C30H32N4O6.